The molecule has 1 unspecified atom stereocenters. The van der Waals surface area contributed by atoms with Gasteiger partial charge in [-0.3, -0.25) is 14.4 Å². The molecule has 1 N–H and O–H groups in total. The predicted octanol–water partition coefficient (Wildman–Crippen LogP) is 3.96. The molecule has 1 aromatic rings. The minimum Gasteiger partial charge on any atom is -0.465 e. The molecule has 0 aromatic heterocycles. The molecule has 5 rings (SSSR count). The van der Waals surface area contributed by atoms with Gasteiger partial charge in [0.05, 0.1) is 35.8 Å². The van der Waals surface area contributed by atoms with Crippen molar-refractivity contribution in [3.05, 3.63) is 60.2 Å². The van der Waals surface area contributed by atoms with Crippen LogP contribution in [-0.2, 0) is 25.7 Å². The van der Waals surface area contributed by atoms with Gasteiger partial charge in [-0.05, 0) is 37.7 Å². The summed E-state index contributed by atoms with van der Waals surface area (Å²) in [5, 5.41) is 10.6. The first-order valence-corrected chi connectivity index (χ1v) is 15.1. The number of aliphatic hydroxyl groups excluding tert-OH is 1. The van der Waals surface area contributed by atoms with Crippen molar-refractivity contribution in [3.8, 4) is 0 Å². The highest BCUT2D eigenvalue weighted by atomic mass is 32.2. The van der Waals surface area contributed by atoms with Crippen molar-refractivity contribution in [2.75, 3.05) is 19.8 Å². The number of amides is 2. The fourth-order valence-electron chi connectivity index (χ4n) is 6.90. The maximum absolute atomic E-state index is 14.6. The summed E-state index contributed by atoms with van der Waals surface area (Å²) in [4.78, 5) is 46.2. The third kappa shape index (κ3) is 4.73. The highest BCUT2D eigenvalue weighted by Gasteiger charge is 2.74. The van der Waals surface area contributed by atoms with Crippen LogP contribution in [0.4, 0.5) is 0 Å². The SMILES string of the molecule is CC[C@H](C)[C@H](CO)N1C(=O)[C@@H]2[C@@H]3C(=O)OCCCC/C=C\[C@]3(C)S[C@@]23C=CCN(Cc2ccccc2)C(=O)C13. The van der Waals surface area contributed by atoms with E-state index in [1.54, 1.807) is 21.6 Å². The summed E-state index contributed by atoms with van der Waals surface area (Å²) < 4.78 is 4.10. The molecule has 1 aromatic carbocycles. The van der Waals surface area contributed by atoms with Crippen molar-refractivity contribution in [1.29, 1.82) is 0 Å². The van der Waals surface area contributed by atoms with Crippen molar-refractivity contribution in [2.45, 2.75) is 74.6 Å². The number of hydrogen-bond donors (Lipinski definition) is 1. The van der Waals surface area contributed by atoms with Crippen LogP contribution in [0.25, 0.3) is 0 Å². The smallest absolute Gasteiger partial charge is 0.311 e. The van der Waals surface area contributed by atoms with Crippen LogP contribution in [0, 0.1) is 17.8 Å². The van der Waals surface area contributed by atoms with Gasteiger partial charge in [0.25, 0.3) is 0 Å². The first-order valence-electron chi connectivity index (χ1n) is 14.3. The Kier molecular flexibility index (Phi) is 7.98. The number of likely N-dealkylation sites (tertiary alicyclic amines) is 1. The van der Waals surface area contributed by atoms with E-state index in [0.717, 1.165) is 31.2 Å². The Hall–Kier alpha value is -2.58. The number of fused-ring (bicyclic) bond motifs is 2. The lowest BCUT2D eigenvalue weighted by Gasteiger charge is -2.41. The molecule has 4 aliphatic rings. The highest BCUT2D eigenvalue weighted by molar-refractivity contribution is 8.02. The number of hydrogen-bond acceptors (Lipinski definition) is 6. The number of esters is 1. The molecule has 2 amide bonds. The zero-order valence-electron chi connectivity index (χ0n) is 23.1. The van der Waals surface area contributed by atoms with E-state index in [2.05, 4.69) is 12.2 Å². The Morgan fingerprint density at radius 1 is 1.08 bits per heavy atom. The van der Waals surface area contributed by atoms with Crippen LogP contribution in [-0.4, -0.2) is 74.0 Å². The molecule has 8 heteroatoms. The van der Waals surface area contributed by atoms with Crippen LogP contribution in [0.3, 0.4) is 0 Å². The zero-order chi connectivity index (χ0) is 27.8. The standard InChI is InChI=1S/C31H40N2O5S/c1-4-21(2)23(20-34)33-26-28(36)32(19-22-13-8-7-9-14-22)17-12-16-31(26)24(27(33)35)25-29(37)38-18-11-6-5-10-15-30(25,3)39-31/h7-10,12-16,21,23-26,34H,4-6,11,17-20H2,1-3H3/b15-10-/t21-,23-,24-,25+,26?,30-,31-/m0/s1. The van der Waals surface area contributed by atoms with E-state index in [1.165, 1.54) is 0 Å². The maximum atomic E-state index is 14.6. The van der Waals surface area contributed by atoms with E-state index in [1.807, 2.05) is 63.3 Å². The van der Waals surface area contributed by atoms with Crippen LogP contribution in [0.1, 0.15) is 52.0 Å². The largest absolute Gasteiger partial charge is 0.465 e. The summed E-state index contributed by atoms with van der Waals surface area (Å²) in [6.07, 6.45) is 11.5. The highest BCUT2D eigenvalue weighted by Crippen LogP contribution is 2.65. The average molecular weight is 553 g/mol. The van der Waals surface area contributed by atoms with E-state index in [9.17, 15) is 19.5 Å². The molecule has 0 saturated carbocycles. The summed E-state index contributed by atoms with van der Waals surface area (Å²) in [6.45, 7) is 6.96. The van der Waals surface area contributed by atoms with E-state index in [4.69, 9.17) is 4.74 Å². The number of benzene rings is 1. The molecule has 2 saturated heterocycles. The molecular formula is C31H40N2O5S. The molecule has 39 heavy (non-hydrogen) atoms. The summed E-state index contributed by atoms with van der Waals surface area (Å²) >= 11 is 1.56. The van der Waals surface area contributed by atoms with Crippen LogP contribution in [0.5, 0.6) is 0 Å². The third-order valence-electron chi connectivity index (χ3n) is 9.08. The Balaban J connectivity index is 1.64. The number of nitrogens with zero attached hydrogens (tertiary/aromatic N) is 2. The fraction of sp³-hybridized carbons (Fsp3) is 0.581. The minimum atomic E-state index is -0.947. The molecule has 7 nitrogen and oxygen atoms in total. The molecule has 0 radical (unpaired) electrons. The molecular weight excluding hydrogens is 512 g/mol. The molecule has 4 aliphatic heterocycles. The maximum Gasteiger partial charge on any atom is 0.311 e. The molecule has 0 aliphatic carbocycles. The third-order valence-corrected chi connectivity index (χ3v) is 10.9. The number of carbonyl (C=O) groups excluding carboxylic acids is 3. The number of aliphatic hydroxyl groups is 1. The molecule has 1 spiro atoms. The molecule has 4 heterocycles. The van der Waals surface area contributed by atoms with E-state index < -0.39 is 33.4 Å². The predicted molar refractivity (Wildman–Crippen MR) is 152 cm³/mol. The zero-order valence-corrected chi connectivity index (χ0v) is 23.9. The van der Waals surface area contributed by atoms with Crippen LogP contribution in [0.15, 0.2) is 54.6 Å². The van der Waals surface area contributed by atoms with Gasteiger partial charge in [0, 0.05) is 17.8 Å². The molecule has 2 fully saturated rings. The van der Waals surface area contributed by atoms with Crippen molar-refractivity contribution >= 4 is 29.5 Å². The number of cyclic esters (lactones) is 1. The van der Waals surface area contributed by atoms with Crippen molar-refractivity contribution in [3.63, 3.8) is 0 Å². The number of thioether (sulfide) groups is 1. The second-order valence-electron chi connectivity index (χ2n) is 11.6. The quantitative estimate of drug-likeness (QED) is 0.425. The molecule has 210 valence electrons. The Labute approximate surface area is 235 Å². The second kappa shape index (κ2) is 11.1. The normalized spacial score (nSPS) is 35.0. The van der Waals surface area contributed by atoms with Crippen molar-refractivity contribution in [2.24, 2.45) is 17.8 Å². The Morgan fingerprint density at radius 2 is 1.85 bits per heavy atom. The second-order valence-corrected chi connectivity index (χ2v) is 13.3. The summed E-state index contributed by atoms with van der Waals surface area (Å²) in [7, 11) is 0. The van der Waals surface area contributed by atoms with Gasteiger partial charge in [-0.25, -0.2) is 0 Å². The number of allylic oxidation sites excluding steroid dienone is 1. The van der Waals surface area contributed by atoms with Crippen LogP contribution < -0.4 is 0 Å². The van der Waals surface area contributed by atoms with Gasteiger partial charge in [-0.1, -0.05) is 74.9 Å². The monoisotopic (exact) mass is 552 g/mol. The number of carbonyl (C=O) groups is 3. The van der Waals surface area contributed by atoms with Crippen molar-refractivity contribution in [1.82, 2.24) is 9.80 Å². The van der Waals surface area contributed by atoms with E-state index in [0.29, 0.717) is 19.7 Å². The first kappa shape index (κ1) is 28.0. The molecule has 0 bridgehead atoms. The van der Waals surface area contributed by atoms with Gasteiger partial charge < -0.3 is 19.6 Å². The first-order chi connectivity index (χ1) is 18.8. The summed E-state index contributed by atoms with van der Waals surface area (Å²) in [5.74, 6) is -2.26. The average Bonchev–Trinajstić information content (AvgIpc) is 3.26. The number of rotatable bonds is 6. The topological polar surface area (TPSA) is 87.2 Å². The minimum absolute atomic E-state index is 0.0234. The van der Waals surface area contributed by atoms with Crippen LogP contribution in [0.2, 0.25) is 0 Å². The van der Waals surface area contributed by atoms with Crippen LogP contribution >= 0.6 is 11.8 Å². The Morgan fingerprint density at radius 3 is 2.56 bits per heavy atom. The van der Waals surface area contributed by atoms with Gasteiger partial charge >= 0.3 is 5.97 Å². The Bertz CT molecular complexity index is 1150. The van der Waals surface area contributed by atoms with Gasteiger partial charge in [0.2, 0.25) is 11.8 Å². The van der Waals surface area contributed by atoms with Gasteiger partial charge in [0.15, 0.2) is 0 Å². The lowest BCUT2D eigenvalue weighted by molar-refractivity contribution is -0.155. The lowest BCUT2D eigenvalue weighted by atomic mass is 9.74. The van der Waals surface area contributed by atoms with E-state index in [-0.39, 0.29) is 30.3 Å². The van der Waals surface area contributed by atoms with Crippen molar-refractivity contribution < 1.29 is 24.2 Å². The fourth-order valence-corrected chi connectivity index (χ4v) is 9.04. The summed E-state index contributed by atoms with van der Waals surface area (Å²) in [5.41, 5.74) is 1.01. The lowest BCUT2D eigenvalue weighted by Crippen LogP contribution is -2.58. The van der Waals surface area contributed by atoms with Gasteiger partial charge in [-0.15, -0.1) is 11.8 Å². The summed E-state index contributed by atoms with van der Waals surface area (Å²) in [6, 6.07) is 8.48. The van der Waals surface area contributed by atoms with Gasteiger partial charge in [0.1, 0.15) is 6.04 Å². The molecule has 7 atom stereocenters. The number of ether oxygens (including phenoxy) is 1. The van der Waals surface area contributed by atoms with Gasteiger partial charge in [-0.2, -0.15) is 0 Å². The van der Waals surface area contributed by atoms with E-state index >= 15 is 0 Å².